The molecule has 8 heteroatoms. The van der Waals surface area contributed by atoms with Crippen molar-refractivity contribution in [3.05, 3.63) is 34.7 Å². The molecule has 0 aliphatic carbocycles. The molecule has 2 heterocycles. The molecule has 0 saturated carbocycles. The highest BCUT2D eigenvalue weighted by Crippen LogP contribution is 2.37. The maximum absolute atomic E-state index is 10.6. The first-order valence-corrected chi connectivity index (χ1v) is 9.80. The van der Waals surface area contributed by atoms with Crippen LogP contribution in [0.5, 0.6) is 11.5 Å². The van der Waals surface area contributed by atoms with Gasteiger partial charge in [-0.2, -0.15) is 0 Å². The van der Waals surface area contributed by atoms with E-state index in [2.05, 4.69) is 18.4 Å². The molecule has 1 aliphatic rings. The van der Waals surface area contributed by atoms with Gasteiger partial charge in [0.25, 0.3) is 0 Å². The minimum atomic E-state index is -0.767. The molecule has 0 amide bonds. The summed E-state index contributed by atoms with van der Waals surface area (Å²) in [5.74, 6) is 2.57. The predicted octanol–water partition coefficient (Wildman–Crippen LogP) is 4.39. The summed E-state index contributed by atoms with van der Waals surface area (Å²) in [4.78, 5) is 15.3. The van der Waals surface area contributed by atoms with Crippen LogP contribution in [0.15, 0.2) is 23.4 Å². The molecule has 0 saturated heterocycles. The summed E-state index contributed by atoms with van der Waals surface area (Å²) >= 11 is 7.98. The molecule has 26 heavy (non-hydrogen) atoms. The smallest absolute Gasteiger partial charge is 0.303 e. The van der Waals surface area contributed by atoms with Gasteiger partial charge in [-0.25, -0.2) is 4.98 Å². The molecule has 1 aliphatic heterocycles. The van der Waals surface area contributed by atoms with Gasteiger partial charge in [-0.3, -0.25) is 4.79 Å². The first kappa shape index (κ1) is 18.9. The number of carbonyl (C=O) groups is 1. The monoisotopic (exact) mass is 396 g/mol. The Morgan fingerprint density at radius 2 is 2.12 bits per heavy atom. The first-order valence-electron chi connectivity index (χ1n) is 8.43. The molecule has 1 aromatic heterocycles. The number of hydrogen-bond donors (Lipinski definition) is 1. The third kappa shape index (κ3) is 4.45. The number of carboxylic acid groups (broad SMARTS) is 1. The molecular weight excluding hydrogens is 376 g/mol. The highest BCUT2D eigenvalue weighted by atomic mass is 35.5. The number of halogens is 1. The first-order chi connectivity index (χ1) is 12.4. The normalized spacial score (nSPS) is 12.8. The molecule has 3 rings (SSSR count). The minimum absolute atomic E-state index is 0.178. The van der Waals surface area contributed by atoms with E-state index >= 15 is 0 Å². The number of aromatic nitrogens is 2. The number of thioether (sulfide) groups is 1. The van der Waals surface area contributed by atoms with Gasteiger partial charge in [0.05, 0.1) is 6.54 Å². The average molecular weight is 397 g/mol. The second-order valence-corrected chi connectivity index (χ2v) is 7.88. The van der Waals surface area contributed by atoms with Gasteiger partial charge in [-0.05, 0) is 18.1 Å². The maximum Gasteiger partial charge on any atom is 0.303 e. The molecule has 140 valence electrons. The van der Waals surface area contributed by atoms with Crippen LogP contribution in [0, 0.1) is 0 Å². The molecule has 2 aromatic rings. The molecule has 0 unspecified atom stereocenters. The van der Waals surface area contributed by atoms with Gasteiger partial charge in [0.15, 0.2) is 11.5 Å². The zero-order chi connectivity index (χ0) is 18.7. The van der Waals surface area contributed by atoms with Crippen LogP contribution in [0.1, 0.15) is 44.0 Å². The number of carboxylic acids is 1. The van der Waals surface area contributed by atoms with Gasteiger partial charge in [-0.1, -0.05) is 25.4 Å². The van der Waals surface area contributed by atoms with Gasteiger partial charge in [0.1, 0.15) is 10.9 Å². The lowest BCUT2D eigenvalue weighted by atomic mass is 10.1. The molecule has 0 spiro atoms. The predicted molar refractivity (Wildman–Crippen MR) is 101 cm³/mol. The number of hydrogen-bond acceptors (Lipinski definition) is 5. The van der Waals surface area contributed by atoms with Crippen LogP contribution in [-0.4, -0.2) is 33.2 Å². The van der Waals surface area contributed by atoms with Crippen molar-refractivity contribution in [3.63, 3.8) is 0 Å². The lowest BCUT2D eigenvalue weighted by Crippen LogP contribution is -2.06. The lowest BCUT2D eigenvalue weighted by molar-refractivity contribution is -0.137. The Balaban J connectivity index is 1.75. The third-order valence-electron chi connectivity index (χ3n) is 3.97. The van der Waals surface area contributed by atoms with Crippen molar-refractivity contribution in [2.45, 2.75) is 44.2 Å². The Morgan fingerprint density at radius 3 is 2.81 bits per heavy atom. The summed E-state index contributed by atoms with van der Waals surface area (Å²) in [6, 6.07) is 3.70. The quantitative estimate of drug-likeness (QED) is 0.526. The number of aliphatic carboxylic acids is 1. The number of fused-ring (bicyclic) bond motifs is 1. The fraction of sp³-hybridized carbons (Fsp3) is 0.444. The van der Waals surface area contributed by atoms with Crippen LogP contribution in [0.3, 0.4) is 0 Å². The standard InChI is InChI=1S/C18H21ClN2O4S/c1-11(2)18-20-16(26-5-3-4-17(22)23)9-21(18)8-12-6-14-15(7-13(12)19)25-10-24-14/h6-7,9,11H,3-5,8,10H2,1-2H3,(H,22,23). The van der Waals surface area contributed by atoms with Crippen molar-refractivity contribution in [1.82, 2.24) is 9.55 Å². The van der Waals surface area contributed by atoms with Crippen LogP contribution in [0.4, 0.5) is 0 Å². The van der Waals surface area contributed by atoms with Crippen molar-refractivity contribution < 1.29 is 19.4 Å². The van der Waals surface area contributed by atoms with E-state index in [1.54, 1.807) is 17.8 Å². The highest BCUT2D eigenvalue weighted by Gasteiger charge is 2.18. The molecule has 1 N–H and O–H groups in total. The van der Waals surface area contributed by atoms with Crippen molar-refractivity contribution in [3.8, 4) is 11.5 Å². The third-order valence-corrected chi connectivity index (χ3v) is 5.31. The Labute approximate surface area is 161 Å². The van der Waals surface area contributed by atoms with Crippen molar-refractivity contribution in [2.24, 2.45) is 0 Å². The summed E-state index contributed by atoms with van der Waals surface area (Å²) in [6.07, 6.45) is 2.80. The van der Waals surface area contributed by atoms with Crippen molar-refractivity contribution in [1.29, 1.82) is 0 Å². The molecule has 1 aromatic carbocycles. The van der Waals surface area contributed by atoms with Gasteiger partial charge in [0.2, 0.25) is 6.79 Å². The van der Waals surface area contributed by atoms with E-state index in [1.807, 2.05) is 12.3 Å². The van der Waals surface area contributed by atoms with Gasteiger partial charge in [0, 0.05) is 35.4 Å². The van der Waals surface area contributed by atoms with Gasteiger partial charge >= 0.3 is 5.97 Å². The summed E-state index contributed by atoms with van der Waals surface area (Å²) < 4.78 is 12.9. The molecule has 0 bridgehead atoms. The van der Waals surface area contributed by atoms with Crippen LogP contribution in [-0.2, 0) is 11.3 Å². The largest absolute Gasteiger partial charge is 0.481 e. The Bertz CT molecular complexity index is 807. The lowest BCUT2D eigenvalue weighted by Gasteiger charge is -2.12. The van der Waals surface area contributed by atoms with Gasteiger partial charge in [-0.15, -0.1) is 11.8 Å². The molecule has 0 radical (unpaired) electrons. The van der Waals surface area contributed by atoms with Crippen LogP contribution < -0.4 is 9.47 Å². The number of benzene rings is 1. The number of rotatable bonds is 8. The molecule has 0 fully saturated rings. The molecule has 0 atom stereocenters. The fourth-order valence-electron chi connectivity index (χ4n) is 2.73. The van der Waals surface area contributed by atoms with Crippen molar-refractivity contribution in [2.75, 3.05) is 12.5 Å². The van der Waals surface area contributed by atoms with Crippen LogP contribution in [0.2, 0.25) is 5.02 Å². The van der Waals surface area contributed by atoms with E-state index in [1.165, 1.54) is 0 Å². The summed E-state index contributed by atoms with van der Waals surface area (Å²) in [7, 11) is 0. The molecular formula is C18H21ClN2O4S. The fourth-order valence-corrected chi connectivity index (χ4v) is 3.80. The zero-order valence-corrected chi connectivity index (χ0v) is 16.3. The Morgan fingerprint density at radius 1 is 1.38 bits per heavy atom. The Kier molecular flexibility index (Phi) is 5.98. The zero-order valence-electron chi connectivity index (χ0n) is 14.7. The van der Waals surface area contributed by atoms with Crippen molar-refractivity contribution >= 4 is 29.3 Å². The van der Waals surface area contributed by atoms with E-state index < -0.39 is 5.97 Å². The second-order valence-electron chi connectivity index (χ2n) is 6.36. The van der Waals surface area contributed by atoms with E-state index in [9.17, 15) is 4.79 Å². The van der Waals surface area contributed by atoms with Gasteiger partial charge < -0.3 is 19.1 Å². The average Bonchev–Trinajstić information content (AvgIpc) is 3.18. The van der Waals surface area contributed by atoms with E-state index in [-0.39, 0.29) is 19.1 Å². The second kappa shape index (κ2) is 8.22. The summed E-state index contributed by atoms with van der Waals surface area (Å²) in [5, 5.41) is 10.3. The highest BCUT2D eigenvalue weighted by molar-refractivity contribution is 7.99. The topological polar surface area (TPSA) is 73.6 Å². The summed E-state index contributed by atoms with van der Waals surface area (Å²) in [5.41, 5.74) is 0.942. The Hall–Kier alpha value is -1.86. The SMILES string of the molecule is CC(C)c1nc(SCCCC(=O)O)cn1Cc1cc2c(cc1Cl)OCO2. The molecule has 6 nitrogen and oxygen atoms in total. The van der Waals surface area contributed by atoms with Crippen LogP contribution in [0.25, 0.3) is 0 Å². The van der Waals surface area contributed by atoms with E-state index in [0.717, 1.165) is 22.2 Å². The van der Waals surface area contributed by atoms with E-state index in [4.69, 9.17) is 31.2 Å². The number of imidazole rings is 1. The maximum atomic E-state index is 10.6. The number of ether oxygens (including phenoxy) is 2. The van der Waals surface area contributed by atoms with Crippen LogP contribution >= 0.6 is 23.4 Å². The number of nitrogens with zero attached hydrogens (tertiary/aromatic N) is 2. The summed E-state index contributed by atoms with van der Waals surface area (Å²) in [6.45, 7) is 5.00. The van der Waals surface area contributed by atoms with E-state index in [0.29, 0.717) is 29.5 Å². The minimum Gasteiger partial charge on any atom is -0.481 e.